The number of carbonyl (C=O) groups is 1. The van der Waals surface area contributed by atoms with E-state index in [0.29, 0.717) is 6.61 Å². The van der Waals surface area contributed by atoms with Gasteiger partial charge in [-0.15, -0.1) is 0 Å². The number of amides is 1. The van der Waals surface area contributed by atoms with Crippen LogP contribution >= 0.6 is 15.9 Å². The fourth-order valence-corrected chi connectivity index (χ4v) is 1.79. The summed E-state index contributed by atoms with van der Waals surface area (Å²) in [5.74, 6) is 0. The average molecular weight is 258 g/mol. The van der Waals surface area contributed by atoms with Crippen molar-refractivity contribution in [3.05, 3.63) is 34.3 Å². The van der Waals surface area contributed by atoms with E-state index >= 15 is 0 Å². The summed E-state index contributed by atoms with van der Waals surface area (Å²) in [6, 6.07) is 7.56. The normalized spacial score (nSPS) is 21.2. The first-order chi connectivity index (χ1) is 6.77. The summed E-state index contributed by atoms with van der Waals surface area (Å²) < 4.78 is 5.95. The van der Waals surface area contributed by atoms with Crippen molar-refractivity contribution >= 4 is 22.0 Å². The minimum Gasteiger partial charge on any atom is -0.437 e. The Bertz CT molecular complexity index is 356. The van der Waals surface area contributed by atoms with Gasteiger partial charge < -0.3 is 4.74 Å². The number of rotatable bonds is 1. The summed E-state index contributed by atoms with van der Waals surface area (Å²) in [6.07, 6.45) is -0.906. The van der Waals surface area contributed by atoms with E-state index in [-0.39, 0.29) is 6.10 Å². The Hall–Kier alpha value is -1.07. The molecule has 0 saturated carbocycles. The molecule has 1 saturated heterocycles. The van der Waals surface area contributed by atoms with Gasteiger partial charge in [-0.2, -0.15) is 5.48 Å². The van der Waals surface area contributed by atoms with E-state index in [1.54, 1.807) is 0 Å². The molecule has 0 radical (unpaired) electrons. The molecule has 1 heterocycles. The predicted octanol–water partition coefficient (Wildman–Crippen LogP) is 2.16. The Morgan fingerprint density at radius 1 is 1.43 bits per heavy atom. The van der Waals surface area contributed by atoms with E-state index in [0.717, 1.165) is 10.0 Å². The van der Waals surface area contributed by atoms with Crippen molar-refractivity contribution in [3.8, 4) is 0 Å². The maximum absolute atomic E-state index is 10.9. The lowest BCUT2D eigenvalue weighted by Gasteiger charge is -2.23. The van der Waals surface area contributed by atoms with Crippen LogP contribution in [-0.2, 0) is 9.57 Å². The van der Waals surface area contributed by atoms with E-state index < -0.39 is 6.09 Å². The van der Waals surface area contributed by atoms with Crippen molar-refractivity contribution in [2.75, 3.05) is 6.61 Å². The minimum absolute atomic E-state index is 0.314. The van der Waals surface area contributed by atoms with E-state index in [2.05, 4.69) is 21.4 Å². The van der Waals surface area contributed by atoms with Gasteiger partial charge >= 0.3 is 6.09 Å². The highest BCUT2D eigenvalue weighted by Crippen LogP contribution is 2.27. The van der Waals surface area contributed by atoms with Crippen LogP contribution in [0.2, 0.25) is 0 Å². The molecule has 74 valence electrons. The third kappa shape index (κ3) is 1.88. The molecule has 2 rings (SSSR count). The minimum atomic E-state index is -0.558. The van der Waals surface area contributed by atoms with Gasteiger partial charge in [0.25, 0.3) is 0 Å². The van der Waals surface area contributed by atoms with Gasteiger partial charge in [-0.05, 0) is 6.07 Å². The summed E-state index contributed by atoms with van der Waals surface area (Å²) in [7, 11) is 0. The summed E-state index contributed by atoms with van der Waals surface area (Å²) in [6.45, 7) is 0.314. The van der Waals surface area contributed by atoms with Gasteiger partial charge in [0.15, 0.2) is 6.10 Å². The SMILES string of the molecule is O=C1NOCC(c2ccccc2Br)O1. The van der Waals surface area contributed by atoms with Gasteiger partial charge in [0.05, 0.1) is 0 Å². The fraction of sp³-hybridized carbons (Fsp3) is 0.222. The molecule has 1 aromatic rings. The second kappa shape index (κ2) is 3.98. The highest BCUT2D eigenvalue weighted by Gasteiger charge is 2.23. The standard InChI is InChI=1S/C9H8BrNO3/c10-7-4-2-1-3-6(7)8-5-13-11-9(12)14-8/h1-4,8H,5H2,(H,11,12). The van der Waals surface area contributed by atoms with Gasteiger partial charge in [-0.3, -0.25) is 4.84 Å². The topological polar surface area (TPSA) is 47.6 Å². The van der Waals surface area contributed by atoms with Crippen LogP contribution < -0.4 is 5.48 Å². The number of hydrogen-bond donors (Lipinski definition) is 1. The van der Waals surface area contributed by atoms with Crippen LogP contribution in [0.1, 0.15) is 11.7 Å². The molecule has 1 N–H and O–H groups in total. The highest BCUT2D eigenvalue weighted by atomic mass is 79.9. The van der Waals surface area contributed by atoms with Crippen LogP contribution in [0, 0.1) is 0 Å². The Labute approximate surface area is 89.3 Å². The third-order valence-electron chi connectivity index (χ3n) is 1.89. The van der Waals surface area contributed by atoms with Gasteiger partial charge in [-0.1, -0.05) is 34.1 Å². The lowest BCUT2D eigenvalue weighted by molar-refractivity contribution is -0.0746. The smallest absolute Gasteiger partial charge is 0.432 e. The summed E-state index contributed by atoms with van der Waals surface area (Å²) in [5, 5.41) is 0. The van der Waals surface area contributed by atoms with Crippen molar-refractivity contribution in [1.29, 1.82) is 0 Å². The van der Waals surface area contributed by atoms with Crippen LogP contribution in [0.5, 0.6) is 0 Å². The molecule has 1 fully saturated rings. The Morgan fingerprint density at radius 3 is 2.93 bits per heavy atom. The van der Waals surface area contributed by atoms with E-state index in [9.17, 15) is 4.79 Å². The van der Waals surface area contributed by atoms with Crippen molar-refractivity contribution in [3.63, 3.8) is 0 Å². The molecule has 0 aliphatic carbocycles. The summed E-state index contributed by atoms with van der Waals surface area (Å²) in [5.41, 5.74) is 3.03. The number of hydrogen-bond acceptors (Lipinski definition) is 3. The molecule has 5 heteroatoms. The van der Waals surface area contributed by atoms with E-state index in [4.69, 9.17) is 9.57 Å². The number of carbonyl (C=O) groups excluding carboxylic acids is 1. The average Bonchev–Trinajstić information content (AvgIpc) is 2.18. The van der Waals surface area contributed by atoms with Crippen molar-refractivity contribution < 1.29 is 14.4 Å². The van der Waals surface area contributed by atoms with Gasteiger partial charge in [0, 0.05) is 10.0 Å². The van der Waals surface area contributed by atoms with Crippen LogP contribution in [0.4, 0.5) is 4.79 Å². The van der Waals surface area contributed by atoms with Gasteiger partial charge in [-0.25, -0.2) is 4.79 Å². The Balaban J connectivity index is 2.22. The third-order valence-corrected chi connectivity index (χ3v) is 2.61. The van der Waals surface area contributed by atoms with E-state index in [1.807, 2.05) is 24.3 Å². The van der Waals surface area contributed by atoms with Crippen molar-refractivity contribution in [1.82, 2.24) is 5.48 Å². The highest BCUT2D eigenvalue weighted by molar-refractivity contribution is 9.10. The zero-order chi connectivity index (χ0) is 9.97. The summed E-state index contributed by atoms with van der Waals surface area (Å²) >= 11 is 3.38. The molecule has 14 heavy (non-hydrogen) atoms. The van der Waals surface area contributed by atoms with Crippen molar-refractivity contribution in [2.45, 2.75) is 6.10 Å². The van der Waals surface area contributed by atoms with Crippen LogP contribution in [0.25, 0.3) is 0 Å². The molecular weight excluding hydrogens is 250 g/mol. The zero-order valence-electron chi connectivity index (χ0n) is 7.20. The van der Waals surface area contributed by atoms with Crippen LogP contribution in [0.15, 0.2) is 28.7 Å². The molecule has 1 atom stereocenters. The molecule has 4 nitrogen and oxygen atoms in total. The number of ether oxygens (including phenoxy) is 1. The molecule has 1 aliphatic rings. The first-order valence-corrected chi connectivity index (χ1v) is 4.89. The Morgan fingerprint density at radius 2 is 2.21 bits per heavy atom. The van der Waals surface area contributed by atoms with E-state index in [1.165, 1.54) is 0 Å². The molecule has 1 aliphatic heterocycles. The number of nitrogens with one attached hydrogen (secondary N) is 1. The fourth-order valence-electron chi connectivity index (χ4n) is 1.25. The second-order valence-corrected chi connectivity index (χ2v) is 3.68. The maximum atomic E-state index is 10.9. The Kier molecular flexibility index (Phi) is 2.69. The molecule has 0 bridgehead atoms. The largest absolute Gasteiger partial charge is 0.437 e. The predicted molar refractivity (Wildman–Crippen MR) is 52.5 cm³/mol. The van der Waals surface area contributed by atoms with Crippen LogP contribution in [0.3, 0.4) is 0 Å². The zero-order valence-corrected chi connectivity index (χ0v) is 8.78. The monoisotopic (exact) mass is 257 g/mol. The lowest BCUT2D eigenvalue weighted by atomic mass is 10.1. The lowest BCUT2D eigenvalue weighted by Crippen LogP contribution is -2.35. The summed E-state index contributed by atoms with van der Waals surface area (Å²) in [4.78, 5) is 15.7. The maximum Gasteiger partial charge on any atom is 0.432 e. The molecule has 1 amide bonds. The number of halogens is 1. The van der Waals surface area contributed by atoms with Gasteiger partial charge in [0.2, 0.25) is 0 Å². The van der Waals surface area contributed by atoms with Gasteiger partial charge in [0.1, 0.15) is 6.61 Å². The molecular formula is C9H8BrNO3. The molecule has 0 spiro atoms. The van der Waals surface area contributed by atoms with Crippen molar-refractivity contribution in [2.24, 2.45) is 0 Å². The molecule has 1 unspecified atom stereocenters. The quantitative estimate of drug-likeness (QED) is 0.839. The first-order valence-electron chi connectivity index (χ1n) is 4.10. The second-order valence-electron chi connectivity index (χ2n) is 2.83. The number of hydroxylamine groups is 1. The number of cyclic esters (lactones) is 1. The first kappa shape index (κ1) is 9.48. The number of benzene rings is 1. The molecule has 1 aromatic carbocycles. The molecule has 0 aromatic heterocycles. The van der Waals surface area contributed by atoms with Crippen LogP contribution in [-0.4, -0.2) is 12.7 Å².